The summed E-state index contributed by atoms with van der Waals surface area (Å²) in [5.41, 5.74) is 8.40. The van der Waals surface area contributed by atoms with Gasteiger partial charge in [-0.25, -0.2) is 0 Å². The van der Waals surface area contributed by atoms with Gasteiger partial charge in [0.2, 0.25) is 11.8 Å². The minimum absolute atomic E-state index is 0.00882. The zero-order valence-electron chi connectivity index (χ0n) is 13.9. The number of hydrogen-bond acceptors (Lipinski definition) is 7. The van der Waals surface area contributed by atoms with Crippen molar-refractivity contribution in [3.05, 3.63) is 46.5 Å². The molecule has 0 saturated heterocycles. The highest BCUT2D eigenvalue weighted by Crippen LogP contribution is 2.44. The monoisotopic (exact) mass is 340 g/mol. The van der Waals surface area contributed by atoms with Crippen molar-refractivity contribution in [2.45, 2.75) is 19.8 Å². The summed E-state index contributed by atoms with van der Waals surface area (Å²) < 4.78 is 15.9. The summed E-state index contributed by atoms with van der Waals surface area (Å²) in [6.07, 6.45) is 0. The molecule has 0 fully saturated rings. The molecule has 0 aliphatic carbocycles. The number of esters is 1. The fourth-order valence-corrected chi connectivity index (χ4v) is 2.83. The molecule has 8 nitrogen and oxygen atoms in total. The zero-order chi connectivity index (χ0) is 18.1. The summed E-state index contributed by atoms with van der Waals surface area (Å²) in [6.45, 7) is 3.15. The molecule has 0 bridgehead atoms. The van der Waals surface area contributed by atoms with E-state index in [0.29, 0.717) is 17.4 Å². The number of H-pyrrole nitrogens is 1. The van der Waals surface area contributed by atoms with E-state index in [0.717, 1.165) is 16.8 Å². The summed E-state index contributed by atoms with van der Waals surface area (Å²) in [7, 11) is 1.47. The fraction of sp³-hybridized carbons (Fsp3) is 0.235. The van der Waals surface area contributed by atoms with Crippen molar-refractivity contribution in [1.29, 1.82) is 5.26 Å². The molecule has 1 atom stereocenters. The van der Waals surface area contributed by atoms with Crippen LogP contribution in [0.5, 0.6) is 17.4 Å². The first kappa shape index (κ1) is 16.4. The average molecular weight is 340 g/mol. The molecular weight excluding hydrogens is 324 g/mol. The van der Waals surface area contributed by atoms with E-state index in [4.69, 9.17) is 19.9 Å². The zero-order valence-corrected chi connectivity index (χ0v) is 13.9. The first-order valence-electron chi connectivity index (χ1n) is 7.45. The number of nitrogens with one attached hydrogen (secondary N) is 1. The van der Waals surface area contributed by atoms with Crippen molar-refractivity contribution in [2.24, 2.45) is 5.73 Å². The van der Waals surface area contributed by atoms with Crippen molar-refractivity contribution in [3.63, 3.8) is 0 Å². The highest BCUT2D eigenvalue weighted by molar-refractivity contribution is 5.70. The first-order chi connectivity index (χ1) is 12.0. The Hall–Kier alpha value is -3.47. The number of carbonyl (C=O) groups is 1. The van der Waals surface area contributed by atoms with Crippen LogP contribution in [0.3, 0.4) is 0 Å². The van der Waals surface area contributed by atoms with Crippen molar-refractivity contribution in [3.8, 4) is 23.4 Å². The van der Waals surface area contributed by atoms with Crippen LogP contribution in [-0.2, 0) is 4.79 Å². The second kappa shape index (κ2) is 6.20. The Balaban J connectivity index is 2.16. The van der Waals surface area contributed by atoms with Crippen LogP contribution in [0.15, 0.2) is 29.7 Å². The van der Waals surface area contributed by atoms with Crippen molar-refractivity contribution in [1.82, 2.24) is 10.2 Å². The highest BCUT2D eigenvalue weighted by atomic mass is 16.6. The molecule has 0 spiro atoms. The topological polar surface area (TPSA) is 123 Å². The number of allylic oxidation sites excluding steroid dienone is 1. The summed E-state index contributed by atoms with van der Waals surface area (Å²) in [5.74, 6) is 0.0967. The van der Waals surface area contributed by atoms with E-state index in [1.165, 1.54) is 14.0 Å². The second-order valence-electron chi connectivity index (χ2n) is 5.50. The van der Waals surface area contributed by atoms with Gasteiger partial charge >= 0.3 is 5.97 Å². The molecule has 3 N–H and O–H groups in total. The molecule has 8 heteroatoms. The molecule has 2 heterocycles. The highest BCUT2D eigenvalue weighted by Gasteiger charge is 2.34. The Morgan fingerprint density at radius 3 is 2.84 bits per heavy atom. The normalized spacial score (nSPS) is 15.8. The maximum Gasteiger partial charge on any atom is 0.308 e. The Bertz CT molecular complexity index is 923. The summed E-state index contributed by atoms with van der Waals surface area (Å²) >= 11 is 0. The number of nitriles is 1. The summed E-state index contributed by atoms with van der Waals surface area (Å²) in [4.78, 5) is 11.2. The predicted molar refractivity (Wildman–Crippen MR) is 86.9 cm³/mol. The lowest BCUT2D eigenvalue weighted by Crippen LogP contribution is -2.21. The lowest BCUT2D eigenvalue weighted by Gasteiger charge is -2.24. The number of nitrogens with zero attached hydrogens (tertiary/aromatic N) is 2. The number of rotatable bonds is 3. The van der Waals surface area contributed by atoms with Gasteiger partial charge in [-0.2, -0.15) is 5.26 Å². The van der Waals surface area contributed by atoms with Gasteiger partial charge in [0.15, 0.2) is 11.5 Å². The van der Waals surface area contributed by atoms with Gasteiger partial charge in [0.05, 0.1) is 13.0 Å². The van der Waals surface area contributed by atoms with Gasteiger partial charge < -0.3 is 19.9 Å². The molecule has 0 amide bonds. The number of aryl methyl sites for hydroxylation is 1. The minimum Gasteiger partial charge on any atom is -0.493 e. The Morgan fingerprint density at radius 2 is 2.20 bits per heavy atom. The number of benzene rings is 1. The average Bonchev–Trinajstić information content (AvgIpc) is 2.94. The number of hydrogen-bond donors (Lipinski definition) is 2. The van der Waals surface area contributed by atoms with Crippen LogP contribution < -0.4 is 19.9 Å². The van der Waals surface area contributed by atoms with Crippen molar-refractivity contribution >= 4 is 5.97 Å². The van der Waals surface area contributed by atoms with E-state index in [2.05, 4.69) is 16.3 Å². The van der Waals surface area contributed by atoms with Crippen LogP contribution in [-0.4, -0.2) is 23.3 Å². The van der Waals surface area contributed by atoms with Gasteiger partial charge in [-0.05, 0) is 24.6 Å². The van der Waals surface area contributed by atoms with E-state index < -0.39 is 11.9 Å². The van der Waals surface area contributed by atoms with E-state index >= 15 is 0 Å². The lowest BCUT2D eigenvalue weighted by molar-refractivity contribution is -0.132. The maximum absolute atomic E-state index is 11.2. The van der Waals surface area contributed by atoms with Gasteiger partial charge in [-0.15, -0.1) is 5.10 Å². The molecule has 25 heavy (non-hydrogen) atoms. The quantitative estimate of drug-likeness (QED) is 0.645. The molecule has 0 saturated carbocycles. The summed E-state index contributed by atoms with van der Waals surface area (Å²) in [6, 6.07) is 7.17. The molecule has 2 aromatic rings. The van der Waals surface area contributed by atoms with Gasteiger partial charge in [0, 0.05) is 18.2 Å². The lowest BCUT2D eigenvalue weighted by atomic mass is 9.84. The van der Waals surface area contributed by atoms with Crippen LogP contribution in [0.4, 0.5) is 0 Å². The Kier molecular flexibility index (Phi) is 4.07. The number of aromatic amines is 1. The number of ether oxygens (including phenoxy) is 3. The molecule has 0 unspecified atom stereocenters. The maximum atomic E-state index is 11.2. The van der Waals surface area contributed by atoms with Crippen LogP contribution in [0.25, 0.3) is 0 Å². The third kappa shape index (κ3) is 2.76. The van der Waals surface area contributed by atoms with Gasteiger partial charge in [-0.3, -0.25) is 9.89 Å². The van der Waals surface area contributed by atoms with E-state index in [-0.39, 0.29) is 11.5 Å². The predicted octanol–water partition coefficient (Wildman–Crippen LogP) is 1.87. The molecule has 128 valence electrons. The Labute approximate surface area is 143 Å². The van der Waals surface area contributed by atoms with Crippen LogP contribution >= 0.6 is 0 Å². The van der Waals surface area contributed by atoms with Gasteiger partial charge in [-0.1, -0.05) is 6.07 Å². The Morgan fingerprint density at radius 1 is 1.44 bits per heavy atom. The van der Waals surface area contributed by atoms with E-state index in [1.807, 2.05) is 6.92 Å². The number of fused-ring (bicyclic) bond motifs is 1. The molecule has 1 aliphatic rings. The van der Waals surface area contributed by atoms with E-state index in [9.17, 15) is 10.1 Å². The van der Waals surface area contributed by atoms with Gasteiger partial charge in [0.25, 0.3) is 0 Å². The standard InChI is InChI=1S/C17H16N4O4/c1-8-14-15(11(7-18)16(19)25-17(14)21-20-8)10-4-5-12(24-9(2)22)13(6-10)23-3/h4-6,15H,19H2,1-3H3,(H,20,21)/t15-/m1/s1. The smallest absolute Gasteiger partial charge is 0.308 e. The van der Waals surface area contributed by atoms with Crippen molar-refractivity contribution in [2.75, 3.05) is 7.11 Å². The summed E-state index contributed by atoms with van der Waals surface area (Å²) in [5, 5.41) is 16.5. The third-order valence-corrected chi connectivity index (χ3v) is 3.90. The van der Waals surface area contributed by atoms with Crippen LogP contribution in [0.1, 0.15) is 29.7 Å². The number of aromatic nitrogens is 2. The largest absolute Gasteiger partial charge is 0.493 e. The second-order valence-corrected chi connectivity index (χ2v) is 5.50. The van der Waals surface area contributed by atoms with Crippen molar-refractivity contribution < 1.29 is 19.0 Å². The number of methoxy groups -OCH3 is 1. The molecular formula is C17H16N4O4. The molecule has 1 aromatic heterocycles. The molecule has 1 aliphatic heterocycles. The number of carbonyl (C=O) groups excluding carboxylic acids is 1. The fourth-order valence-electron chi connectivity index (χ4n) is 2.83. The molecule has 1 aromatic carbocycles. The number of nitrogens with two attached hydrogens (primary N) is 1. The SMILES string of the molecule is COc1cc([C@@H]2C(C#N)=C(N)Oc3n[nH]c(C)c32)ccc1OC(C)=O. The third-order valence-electron chi connectivity index (χ3n) is 3.90. The van der Waals surface area contributed by atoms with Gasteiger partial charge in [0.1, 0.15) is 11.6 Å². The molecule has 0 radical (unpaired) electrons. The molecule has 3 rings (SSSR count). The first-order valence-corrected chi connectivity index (χ1v) is 7.45. The van der Waals surface area contributed by atoms with E-state index in [1.54, 1.807) is 18.2 Å². The van der Waals surface area contributed by atoms with Crippen LogP contribution in [0, 0.1) is 18.3 Å². The minimum atomic E-state index is -0.465. The van der Waals surface area contributed by atoms with Crippen LogP contribution in [0.2, 0.25) is 0 Å².